The zero-order valence-corrected chi connectivity index (χ0v) is 22.0. The summed E-state index contributed by atoms with van der Waals surface area (Å²) in [6.45, 7) is 1.06. The van der Waals surface area contributed by atoms with Crippen molar-refractivity contribution in [3.05, 3.63) is 57.0 Å². The smallest absolute Gasteiger partial charge is 0.332 e. The monoisotopic (exact) mass is 512 g/mol. The molecule has 0 bridgehead atoms. The van der Waals surface area contributed by atoms with Crippen molar-refractivity contribution < 1.29 is 9.90 Å². The molecule has 4 N–H and O–H groups in total. The van der Waals surface area contributed by atoms with Crippen LogP contribution in [-0.4, -0.2) is 42.3 Å². The normalized spacial score (nSPS) is 12.2. The SMILES string of the molecule is Cn1cnc2c1c(=O)n(CCCCCCCCCCCNC(=O)C(N)Cc1ccc(O)cc1)c(=O)n2C. The van der Waals surface area contributed by atoms with Gasteiger partial charge in [0.2, 0.25) is 5.91 Å². The number of carbonyl (C=O) groups excluding carboxylic acids is 1. The lowest BCUT2D eigenvalue weighted by Gasteiger charge is -2.12. The number of aromatic nitrogens is 4. The summed E-state index contributed by atoms with van der Waals surface area (Å²) in [5.74, 6) is 0.0523. The summed E-state index contributed by atoms with van der Waals surface area (Å²) in [5, 5.41) is 12.2. The Labute approximate surface area is 217 Å². The Morgan fingerprint density at radius 2 is 1.57 bits per heavy atom. The number of amides is 1. The molecule has 0 saturated heterocycles. The van der Waals surface area contributed by atoms with Crippen LogP contribution in [0.5, 0.6) is 5.75 Å². The van der Waals surface area contributed by atoms with E-state index in [9.17, 15) is 19.5 Å². The van der Waals surface area contributed by atoms with Crippen LogP contribution in [-0.2, 0) is 31.9 Å². The van der Waals surface area contributed by atoms with Crippen LogP contribution >= 0.6 is 0 Å². The van der Waals surface area contributed by atoms with Crippen molar-refractivity contribution in [3.63, 3.8) is 0 Å². The zero-order valence-electron chi connectivity index (χ0n) is 22.0. The number of phenols is 1. The number of benzene rings is 1. The van der Waals surface area contributed by atoms with E-state index in [0.717, 1.165) is 63.4 Å². The molecule has 0 aliphatic heterocycles. The highest BCUT2D eigenvalue weighted by atomic mass is 16.3. The van der Waals surface area contributed by atoms with Crippen LogP contribution in [0, 0.1) is 0 Å². The van der Waals surface area contributed by atoms with Crippen LogP contribution in [0.15, 0.2) is 40.2 Å². The predicted octanol–water partition coefficient (Wildman–Crippen LogP) is 2.34. The number of hydrogen-bond acceptors (Lipinski definition) is 6. The Morgan fingerprint density at radius 1 is 0.973 bits per heavy atom. The van der Waals surface area contributed by atoms with Gasteiger partial charge in [0, 0.05) is 27.2 Å². The van der Waals surface area contributed by atoms with Crippen LogP contribution in [0.25, 0.3) is 11.2 Å². The summed E-state index contributed by atoms with van der Waals surface area (Å²) in [6, 6.07) is 6.14. The van der Waals surface area contributed by atoms with E-state index in [1.807, 2.05) is 0 Å². The Kier molecular flexibility index (Phi) is 10.5. The predicted molar refractivity (Wildman–Crippen MR) is 145 cm³/mol. The van der Waals surface area contributed by atoms with E-state index in [2.05, 4.69) is 10.3 Å². The Bertz CT molecular complexity index is 1280. The molecule has 2 aromatic heterocycles. The molecule has 0 saturated carbocycles. The van der Waals surface area contributed by atoms with Crippen molar-refractivity contribution in [2.45, 2.75) is 76.8 Å². The second kappa shape index (κ2) is 13.8. The minimum absolute atomic E-state index is 0.145. The van der Waals surface area contributed by atoms with Crippen LogP contribution in [0.4, 0.5) is 0 Å². The van der Waals surface area contributed by atoms with Gasteiger partial charge in [-0.15, -0.1) is 0 Å². The molecule has 3 aromatic rings. The lowest BCUT2D eigenvalue weighted by atomic mass is 10.1. The molecule has 2 heterocycles. The van der Waals surface area contributed by atoms with Crippen molar-refractivity contribution in [1.82, 2.24) is 24.0 Å². The fraction of sp³-hybridized carbons (Fsp3) is 0.556. The summed E-state index contributed by atoms with van der Waals surface area (Å²) in [4.78, 5) is 41.5. The highest BCUT2D eigenvalue weighted by Gasteiger charge is 2.15. The van der Waals surface area contributed by atoms with E-state index in [4.69, 9.17) is 5.73 Å². The van der Waals surface area contributed by atoms with Crippen molar-refractivity contribution in [3.8, 4) is 5.75 Å². The number of rotatable bonds is 15. The maximum atomic E-state index is 12.7. The molecule has 10 heteroatoms. The largest absolute Gasteiger partial charge is 0.508 e. The molecule has 0 aliphatic carbocycles. The molecule has 202 valence electrons. The molecule has 10 nitrogen and oxygen atoms in total. The Balaban J connectivity index is 1.21. The lowest BCUT2D eigenvalue weighted by Crippen LogP contribution is -2.42. The van der Waals surface area contributed by atoms with E-state index in [1.165, 1.54) is 9.13 Å². The van der Waals surface area contributed by atoms with E-state index in [-0.39, 0.29) is 22.9 Å². The molecular weight excluding hydrogens is 472 g/mol. The van der Waals surface area contributed by atoms with E-state index >= 15 is 0 Å². The van der Waals surface area contributed by atoms with Gasteiger partial charge in [-0.25, -0.2) is 9.78 Å². The number of hydrogen-bond donors (Lipinski definition) is 3. The van der Waals surface area contributed by atoms with Gasteiger partial charge in [-0.2, -0.15) is 0 Å². The fourth-order valence-corrected chi connectivity index (χ4v) is 4.55. The summed E-state index contributed by atoms with van der Waals surface area (Å²) in [7, 11) is 3.41. The van der Waals surface area contributed by atoms with Gasteiger partial charge in [0.1, 0.15) is 5.75 Å². The number of fused-ring (bicyclic) bond motifs is 1. The molecule has 1 aromatic carbocycles. The molecule has 0 spiro atoms. The van der Waals surface area contributed by atoms with Gasteiger partial charge in [0.25, 0.3) is 5.56 Å². The molecule has 1 unspecified atom stereocenters. The van der Waals surface area contributed by atoms with Gasteiger partial charge in [-0.1, -0.05) is 57.1 Å². The van der Waals surface area contributed by atoms with Crippen molar-refractivity contribution in [2.75, 3.05) is 6.54 Å². The fourth-order valence-electron chi connectivity index (χ4n) is 4.55. The third-order valence-corrected chi connectivity index (χ3v) is 6.79. The molecule has 37 heavy (non-hydrogen) atoms. The van der Waals surface area contributed by atoms with Crippen molar-refractivity contribution >= 4 is 17.1 Å². The number of nitrogens with two attached hydrogens (primary N) is 1. The zero-order chi connectivity index (χ0) is 26.8. The Hall–Kier alpha value is -3.40. The molecule has 0 radical (unpaired) electrons. The van der Waals surface area contributed by atoms with Crippen LogP contribution in [0.1, 0.15) is 63.4 Å². The topological polar surface area (TPSA) is 137 Å². The average Bonchev–Trinajstić information content (AvgIpc) is 3.27. The maximum Gasteiger partial charge on any atom is 0.332 e. The third kappa shape index (κ3) is 7.79. The lowest BCUT2D eigenvalue weighted by molar-refractivity contribution is -0.122. The minimum Gasteiger partial charge on any atom is -0.508 e. The average molecular weight is 513 g/mol. The number of unbranched alkanes of at least 4 members (excludes halogenated alkanes) is 8. The van der Waals surface area contributed by atoms with Crippen LogP contribution in [0.3, 0.4) is 0 Å². The number of aryl methyl sites for hydroxylation is 2. The number of aromatic hydroxyl groups is 1. The molecule has 0 fully saturated rings. The number of carbonyl (C=O) groups is 1. The van der Waals surface area contributed by atoms with Gasteiger partial charge in [0.05, 0.1) is 12.4 Å². The highest BCUT2D eigenvalue weighted by Crippen LogP contribution is 2.12. The second-order valence-electron chi connectivity index (χ2n) is 9.78. The molecule has 1 amide bonds. The van der Waals surface area contributed by atoms with Gasteiger partial charge in [-0.05, 0) is 37.0 Å². The van der Waals surface area contributed by atoms with Gasteiger partial charge < -0.3 is 20.7 Å². The summed E-state index contributed by atoms with van der Waals surface area (Å²) >= 11 is 0. The number of imidazole rings is 1. The molecule has 0 aliphatic rings. The first-order valence-electron chi connectivity index (χ1n) is 13.2. The first-order valence-corrected chi connectivity index (χ1v) is 13.2. The van der Waals surface area contributed by atoms with E-state index in [1.54, 1.807) is 49.3 Å². The minimum atomic E-state index is -0.593. The van der Waals surface area contributed by atoms with Gasteiger partial charge in [-0.3, -0.25) is 18.7 Å². The second-order valence-corrected chi connectivity index (χ2v) is 9.78. The van der Waals surface area contributed by atoms with E-state index < -0.39 is 6.04 Å². The Morgan fingerprint density at radius 3 is 2.22 bits per heavy atom. The third-order valence-electron chi connectivity index (χ3n) is 6.79. The highest BCUT2D eigenvalue weighted by molar-refractivity contribution is 5.81. The molecular formula is C27H40N6O4. The quantitative estimate of drug-likeness (QED) is 0.267. The number of phenolic OH excluding ortho intramolecular Hbond substituents is 1. The van der Waals surface area contributed by atoms with E-state index in [0.29, 0.717) is 30.7 Å². The van der Waals surface area contributed by atoms with Crippen LogP contribution < -0.4 is 22.3 Å². The summed E-state index contributed by atoms with van der Waals surface area (Å²) in [5.41, 5.74) is 7.20. The maximum absolute atomic E-state index is 12.7. The number of nitrogens with zero attached hydrogens (tertiary/aromatic N) is 4. The van der Waals surface area contributed by atoms with Crippen LogP contribution in [0.2, 0.25) is 0 Å². The first kappa shape index (κ1) is 28.2. The van der Waals surface area contributed by atoms with Gasteiger partial charge >= 0.3 is 5.69 Å². The van der Waals surface area contributed by atoms with Crippen molar-refractivity contribution in [2.24, 2.45) is 19.8 Å². The molecule has 1 atom stereocenters. The first-order chi connectivity index (χ1) is 17.8. The molecule has 3 rings (SSSR count). The van der Waals surface area contributed by atoms with Gasteiger partial charge in [0.15, 0.2) is 11.2 Å². The standard InChI is InChI=1S/C27H40N6O4/c1-31-19-30-24-23(31)26(36)33(27(37)32(24)2)17-11-9-7-5-3-4-6-8-10-16-29-25(35)22(28)18-20-12-14-21(34)15-13-20/h12-15,19,22,34H,3-11,16-18,28H2,1-2H3,(H,29,35). The summed E-state index contributed by atoms with van der Waals surface area (Å²) in [6.07, 6.45) is 11.4. The van der Waals surface area contributed by atoms with Crippen molar-refractivity contribution in [1.29, 1.82) is 0 Å². The summed E-state index contributed by atoms with van der Waals surface area (Å²) < 4.78 is 4.42. The number of nitrogens with one attached hydrogen (secondary N) is 1.